The lowest BCUT2D eigenvalue weighted by molar-refractivity contribution is -0.286. The smallest absolute Gasteiger partial charge is 0.492 e. The van der Waals surface area contributed by atoms with Gasteiger partial charge in [0.1, 0.15) is 17.8 Å². The molecule has 1 aromatic heterocycles. The van der Waals surface area contributed by atoms with Gasteiger partial charge in [0, 0.05) is 22.3 Å². The van der Waals surface area contributed by atoms with Crippen LogP contribution in [0, 0.1) is 5.41 Å². The molecule has 1 amide bonds. The molecule has 1 atom stereocenters. The van der Waals surface area contributed by atoms with Crippen LogP contribution in [0.3, 0.4) is 0 Å². The summed E-state index contributed by atoms with van der Waals surface area (Å²) in [6, 6.07) is 24.2. The molecule has 0 aliphatic heterocycles. The van der Waals surface area contributed by atoms with E-state index in [-0.39, 0.29) is 17.2 Å². The summed E-state index contributed by atoms with van der Waals surface area (Å²) >= 11 is 6.52. The van der Waals surface area contributed by atoms with Gasteiger partial charge in [-0.25, -0.2) is 19.4 Å². The lowest BCUT2D eigenvalue weighted by Gasteiger charge is -2.20. The molecule has 228 valence electrons. The molecule has 0 fully saturated rings. The number of hydrogen-bond donors (Lipinski definition) is 2. The summed E-state index contributed by atoms with van der Waals surface area (Å²) in [7, 11) is 0. The van der Waals surface area contributed by atoms with Gasteiger partial charge in [0.05, 0.1) is 19.0 Å². The number of hydrogen-bond acceptors (Lipinski definition) is 7. The fraction of sp³-hybridized carbons (Fsp3) is 0.161. The van der Waals surface area contributed by atoms with Crippen LogP contribution >= 0.6 is 11.6 Å². The number of ether oxygens (including phenoxy) is 1. The van der Waals surface area contributed by atoms with Gasteiger partial charge in [-0.1, -0.05) is 66.2 Å². The normalized spacial score (nSPS) is 11.7. The number of carbonyl (C=O) groups excluding carboxylic acids is 3. The van der Waals surface area contributed by atoms with Crippen molar-refractivity contribution >= 4 is 29.4 Å². The molecule has 0 radical (unpaired) electrons. The van der Waals surface area contributed by atoms with E-state index in [1.54, 1.807) is 53.2 Å². The topological polar surface area (TPSA) is 120 Å². The van der Waals surface area contributed by atoms with Gasteiger partial charge in [0.15, 0.2) is 0 Å². The van der Waals surface area contributed by atoms with Crippen molar-refractivity contribution in [1.29, 1.82) is 5.41 Å². The number of benzene rings is 3. The molecular formula is C31H25ClF3N3O6. The van der Waals surface area contributed by atoms with E-state index in [1.165, 1.54) is 18.2 Å². The standard InChI is InChI=1S/C31H25ClF3N3O6/c32-25-18-21(12-13-24(25)20-7-2-1-3-8-20)26(19-28(39)43-44-30(41)31(33,34)35)37-29(40)22-9-6-10-23(17-22)42-16-15-38-14-5-4-11-27(38)36/h1-14,17-18,26,36H,15-16,19H2,(H,37,40). The number of halogens is 4. The molecule has 0 spiro atoms. The molecule has 1 heterocycles. The summed E-state index contributed by atoms with van der Waals surface area (Å²) < 4.78 is 44.8. The molecule has 44 heavy (non-hydrogen) atoms. The zero-order valence-electron chi connectivity index (χ0n) is 22.8. The largest absolute Gasteiger partial charge is 0.495 e. The van der Waals surface area contributed by atoms with Crippen LogP contribution in [-0.2, 0) is 25.9 Å². The van der Waals surface area contributed by atoms with Crippen molar-refractivity contribution in [1.82, 2.24) is 9.88 Å². The maximum absolute atomic E-state index is 13.3. The fourth-order valence-electron chi connectivity index (χ4n) is 4.09. The summed E-state index contributed by atoms with van der Waals surface area (Å²) in [6.45, 7) is 0.599. The Morgan fingerprint density at radius 3 is 2.36 bits per heavy atom. The number of nitrogens with zero attached hydrogens (tertiary/aromatic N) is 1. The van der Waals surface area contributed by atoms with Gasteiger partial charge in [-0.15, -0.1) is 0 Å². The van der Waals surface area contributed by atoms with Crippen LogP contribution in [-0.4, -0.2) is 35.2 Å². The number of rotatable bonds is 10. The van der Waals surface area contributed by atoms with Crippen molar-refractivity contribution in [2.45, 2.75) is 25.2 Å². The van der Waals surface area contributed by atoms with Crippen LogP contribution in [0.1, 0.15) is 28.4 Å². The van der Waals surface area contributed by atoms with E-state index in [0.29, 0.717) is 28.9 Å². The molecular weight excluding hydrogens is 603 g/mol. The third-order valence-corrected chi connectivity index (χ3v) is 6.55. The van der Waals surface area contributed by atoms with Gasteiger partial charge < -0.3 is 14.6 Å². The predicted molar refractivity (Wildman–Crippen MR) is 152 cm³/mol. The van der Waals surface area contributed by atoms with Gasteiger partial charge in [-0.05, 0) is 47.5 Å². The highest BCUT2D eigenvalue weighted by atomic mass is 35.5. The molecule has 9 nitrogen and oxygen atoms in total. The molecule has 0 saturated carbocycles. The van der Waals surface area contributed by atoms with Crippen molar-refractivity contribution in [3.05, 3.63) is 119 Å². The Balaban J connectivity index is 1.50. The summed E-state index contributed by atoms with van der Waals surface area (Å²) in [5, 5.41) is 10.9. The van der Waals surface area contributed by atoms with Crippen LogP contribution in [0.15, 0.2) is 97.2 Å². The SMILES string of the molecule is N=c1ccccn1CCOc1cccc(C(=O)NC(CC(=O)OOC(=O)C(F)(F)F)c2ccc(-c3ccccc3)c(Cl)c2)c1. The molecule has 0 aliphatic rings. The molecule has 0 aliphatic carbocycles. The van der Waals surface area contributed by atoms with Crippen LogP contribution in [0.25, 0.3) is 11.1 Å². The van der Waals surface area contributed by atoms with Crippen molar-refractivity contribution < 1.29 is 42.1 Å². The first-order chi connectivity index (χ1) is 21.0. The van der Waals surface area contributed by atoms with Crippen molar-refractivity contribution in [2.24, 2.45) is 0 Å². The van der Waals surface area contributed by atoms with Gasteiger partial charge in [0.25, 0.3) is 5.91 Å². The van der Waals surface area contributed by atoms with E-state index in [2.05, 4.69) is 15.1 Å². The van der Waals surface area contributed by atoms with E-state index in [4.69, 9.17) is 21.7 Å². The first-order valence-corrected chi connectivity index (χ1v) is 13.5. The Kier molecular flexibility index (Phi) is 10.4. The fourth-order valence-corrected chi connectivity index (χ4v) is 4.38. The highest BCUT2D eigenvalue weighted by molar-refractivity contribution is 6.33. The Labute approximate surface area is 254 Å². The van der Waals surface area contributed by atoms with Crippen molar-refractivity contribution in [3.8, 4) is 16.9 Å². The van der Waals surface area contributed by atoms with Crippen LogP contribution in [0.5, 0.6) is 5.75 Å². The van der Waals surface area contributed by atoms with Crippen LogP contribution in [0.4, 0.5) is 13.2 Å². The molecule has 0 bridgehead atoms. The average Bonchev–Trinajstić information content (AvgIpc) is 3.00. The summed E-state index contributed by atoms with van der Waals surface area (Å²) in [5.74, 6) is -4.33. The average molecular weight is 628 g/mol. The second-order valence-corrected chi connectivity index (χ2v) is 9.72. The Morgan fingerprint density at radius 1 is 0.909 bits per heavy atom. The predicted octanol–water partition coefficient (Wildman–Crippen LogP) is 5.79. The highest BCUT2D eigenvalue weighted by Gasteiger charge is 2.43. The maximum atomic E-state index is 13.3. The summed E-state index contributed by atoms with van der Waals surface area (Å²) in [5.41, 5.74) is 2.27. The molecule has 3 aromatic carbocycles. The van der Waals surface area contributed by atoms with E-state index in [0.717, 1.165) is 5.56 Å². The Hall–Kier alpha value is -5.10. The first-order valence-electron chi connectivity index (χ1n) is 13.1. The number of alkyl halides is 3. The molecule has 2 N–H and O–H groups in total. The molecule has 1 unspecified atom stereocenters. The number of nitrogens with one attached hydrogen (secondary N) is 2. The van der Waals surface area contributed by atoms with Gasteiger partial charge in [-0.3, -0.25) is 10.2 Å². The lowest BCUT2D eigenvalue weighted by atomic mass is 9.98. The minimum atomic E-state index is -5.37. The Morgan fingerprint density at radius 2 is 1.66 bits per heavy atom. The van der Waals surface area contributed by atoms with E-state index in [1.807, 2.05) is 30.3 Å². The maximum Gasteiger partial charge on any atom is 0.495 e. The summed E-state index contributed by atoms with van der Waals surface area (Å²) in [4.78, 5) is 44.3. The van der Waals surface area contributed by atoms with E-state index in [9.17, 15) is 27.6 Å². The monoisotopic (exact) mass is 627 g/mol. The van der Waals surface area contributed by atoms with Crippen LogP contribution < -0.4 is 15.5 Å². The molecule has 4 rings (SSSR count). The Bertz CT molecular complexity index is 1700. The minimum Gasteiger partial charge on any atom is -0.492 e. The lowest BCUT2D eigenvalue weighted by Crippen LogP contribution is -2.32. The van der Waals surface area contributed by atoms with Crippen molar-refractivity contribution in [2.75, 3.05) is 6.61 Å². The molecule has 4 aromatic rings. The third-order valence-electron chi connectivity index (χ3n) is 6.24. The number of amides is 1. The van der Waals surface area contributed by atoms with E-state index >= 15 is 0 Å². The van der Waals surface area contributed by atoms with Gasteiger partial charge in [0.2, 0.25) is 0 Å². The second kappa shape index (κ2) is 14.4. The molecule has 0 saturated heterocycles. The minimum absolute atomic E-state index is 0.157. The molecule has 13 heteroatoms. The third kappa shape index (κ3) is 8.71. The van der Waals surface area contributed by atoms with Gasteiger partial charge >= 0.3 is 18.1 Å². The number of aromatic nitrogens is 1. The number of carbonyl (C=O) groups is 3. The zero-order valence-corrected chi connectivity index (χ0v) is 23.6. The van der Waals surface area contributed by atoms with Crippen molar-refractivity contribution in [3.63, 3.8) is 0 Å². The number of pyridine rings is 1. The summed E-state index contributed by atoms with van der Waals surface area (Å²) in [6.07, 6.45) is -4.33. The second-order valence-electron chi connectivity index (χ2n) is 9.31. The zero-order chi connectivity index (χ0) is 31.7. The van der Waals surface area contributed by atoms with Gasteiger partial charge in [-0.2, -0.15) is 13.2 Å². The van der Waals surface area contributed by atoms with Crippen LogP contribution in [0.2, 0.25) is 5.02 Å². The van der Waals surface area contributed by atoms with E-state index < -0.39 is 36.5 Å². The highest BCUT2D eigenvalue weighted by Crippen LogP contribution is 2.31. The first kappa shape index (κ1) is 31.8. The quantitative estimate of drug-likeness (QED) is 0.170.